The Hall–Kier alpha value is -0.0500. The van der Waals surface area contributed by atoms with Crippen molar-refractivity contribution >= 4 is 45.3 Å². The van der Waals surface area contributed by atoms with Gasteiger partial charge >= 0.3 is 0 Å². The molecule has 0 aromatic carbocycles. The van der Waals surface area contributed by atoms with E-state index in [4.69, 9.17) is 0 Å². The van der Waals surface area contributed by atoms with Crippen molar-refractivity contribution < 1.29 is 0 Å². The van der Waals surface area contributed by atoms with Crippen molar-refractivity contribution in [2.24, 2.45) is 0 Å². The Morgan fingerprint density at radius 1 is 1.41 bits per heavy atom. The van der Waals surface area contributed by atoms with E-state index in [1.54, 1.807) is 22.7 Å². The van der Waals surface area contributed by atoms with E-state index in [0.717, 1.165) is 23.0 Å². The van der Waals surface area contributed by atoms with E-state index >= 15 is 0 Å². The minimum atomic E-state index is 0.337. The van der Waals surface area contributed by atoms with Crippen LogP contribution < -0.4 is 5.32 Å². The van der Waals surface area contributed by atoms with Gasteiger partial charge in [-0.1, -0.05) is 25.2 Å². The van der Waals surface area contributed by atoms with Crippen LogP contribution in [-0.4, -0.2) is 16.7 Å². The number of thiophene rings is 1. The van der Waals surface area contributed by atoms with Crippen molar-refractivity contribution in [1.29, 1.82) is 0 Å². The van der Waals surface area contributed by atoms with Crippen LogP contribution in [0.3, 0.4) is 0 Å². The predicted molar refractivity (Wildman–Crippen MR) is 82.6 cm³/mol. The Balaban J connectivity index is 2.20. The SMILES string of the molecule is CCNC(CC)c1nnc(-c2csc(I)c2)s1. The number of hydrogen-bond donors (Lipinski definition) is 1. The maximum Gasteiger partial charge on any atom is 0.148 e. The number of aromatic nitrogens is 2. The Morgan fingerprint density at radius 3 is 2.82 bits per heavy atom. The molecule has 2 aromatic heterocycles. The fourth-order valence-electron chi connectivity index (χ4n) is 1.57. The van der Waals surface area contributed by atoms with Gasteiger partial charge in [0.25, 0.3) is 0 Å². The van der Waals surface area contributed by atoms with Gasteiger partial charge in [-0.25, -0.2) is 0 Å². The Kier molecular flexibility index (Phi) is 4.89. The van der Waals surface area contributed by atoms with Gasteiger partial charge in [-0.15, -0.1) is 21.5 Å². The standard InChI is InChI=1S/C11H14IN3S2/c1-3-8(13-4-2)11-15-14-10(17-11)7-5-9(12)16-6-7/h5-6,8,13H,3-4H2,1-2H3. The van der Waals surface area contributed by atoms with Crippen LogP contribution >= 0.6 is 45.3 Å². The summed E-state index contributed by atoms with van der Waals surface area (Å²) in [7, 11) is 0. The molecule has 0 saturated heterocycles. The first-order valence-corrected chi connectivity index (χ1v) is 8.33. The van der Waals surface area contributed by atoms with Crippen molar-refractivity contribution in [3.05, 3.63) is 19.3 Å². The normalized spacial score (nSPS) is 12.9. The Morgan fingerprint density at radius 2 is 2.24 bits per heavy atom. The molecular formula is C11H14IN3S2. The van der Waals surface area contributed by atoms with Crippen LogP contribution in [0.2, 0.25) is 0 Å². The lowest BCUT2D eigenvalue weighted by Gasteiger charge is -2.10. The lowest BCUT2D eigenvalue weighted by Crippen LogP contribution is -2.19. The average molecular weight is 379 g/mol. The highest BCUT2D eigenvalue weighted by molar-refractivity contribution is 14.1. The van der Waals surface area contributed by atoms with E-state index in [2.05, 4.69) is 63.4 Å². The van der Waals surface area contributed by atoms with E-state index in [1.165, 1.54) is 8.45 Å². The monoisotopic (exact) mass is 379 g/mol. The van der Waals surface area contributed by atoms with Gasteiger partial charge in [-0.2, -0.15) is 0 Å². The fraction of sp³-hybridized carbons (Fsp3) is 0.455. The van der Waals surface area contributed by atoms with E-state index in [1.807, 2.05) is 0 Å². The second kappa shape index (κ2) is 6.21. The molecule has 0 radical (unpaired) electrons. The number of rotatable bonds is 5. The highest BCUT2D eigenvalue weighted by Crippen LogP contribution is 2.31. The molecule has 17 heavy (non-hydrogen) atoms. The molecule has 0 bridgehead atoms. The van der Waals surface area contributed by atoms with Crippen LogP contribution in [0.25, 0.3) is 10.6 Å². The smallest absolute Gasteiger partial charge is 0.148 e. The average Bonchev–Trinajstić information content (AvgIpc) is 2.94. The molecule has 0 aliphatic heterocycles. The van der Waals surface area contributed by atoms with E-state index in [0.29, 0.717) is 6.04 Å². The molecule has 0 aliphatic carbocycles. The molecule has 2 rings (SSSR count). The maximum absolute atomic E-state index is 4.30. The van der Waals surface area contributed by atoms with Gasteiger partial charge in [-0.3, -0.25) is 0 Å². The molecule has 2 heterocycles. The van der Waals surface area contributed by atoms with Crippen LogP contribution in [0.15, 0.2) is 11.4 Å². The van der Waals surface area contributed by atoms with Crippen molar-refractivity contribution in [2.45, 2.75) is 26.3 Å². The van der Waals surface area contributed by atoms with Gasteiger partial charge in [-0.05, 0) is 41.6 Å². The van der Waals surface area contributed by atoms with Crippen LogP contribution in [0.1, 0.15) is 31.3 Å². The molecule has 0 spiro atoms. The van der Waals surface area contributed by atoms with Crippen LogP contribution in [0.5, 0.6) is 0 Å². The molecule has 92 valence electrons. The predicted octanol–water partition coefficient (Wildman–Crippen LogP) is 3.93. The lowest BCUT2D eigenvalue weighted by atomic mass is 10.2. The molecule has 0 amide bonds. The Labute approximate surface area is 123 Å². The largest absolute Gasteiger partial charge is 0.308 e. The topological polar surface area (TPSA) is 37.8 Å². The van der Waals surface area contributed by atoms with Gasteiger partial charge in [0.05, 0.1) is 8.93 Å². The second-order valence-corrected chi connectivity index (χ2v) is 7.42. The number of nitrogens with one attached hydrogen (secondary N) is 1. The van der Waals surface area contributed by atoms with Gasteiger partial charge in [0.1, 0.15) is 10.0 Å². The zero-order valence-electron chi connectivity index (χ0n) is 9.74. The first-order valence-electron chi connectivity index (χ1n) is 5.55. The summed E-state index contributed by atoms with van der Waals surface area (Å²) in [5.74, 6) is 0. The highest BCUT2D eigenvalue weighted by Gasteiger charge is 2.15. The summed E-state index contributed by atoms with van der Waals surface area (Å²) in [6.07, 6.45) is 1.05. The second-order valence-electron chi connectivity index (χ2n) is 3.60. The number of nitrogens with zero attached hydrogens (tertiary/aromatic N) is 2. The van der Waals surface area contributed by atoms with E-state index < -0.39 is 0 Å². The molecule has 0 saturated carbocycles. The summed E-state index contributed by atoms with van der Waals surface area (Å²) >= 11 is 5.76. The third-order valence-corrected chi connectivity index (χ3v) is 5.29. The molecular weight excluding hydrogens is 365 g/mol. The summed E-state index contributed by atoms with van der Waals surface area (Å²) in [5, 5.41) is 16.3. The third-order valence-electron chi connectivity index (χ3n) is 2.41. The van der Waals surface area contributed by atoms with E-state index in [9.17, 15) is 0 Å². The molecule has 0 fully saturated rings. The van der Waals surface area contributed by atoms with Crippen LogP contribution in [-0.2, 0) is 0 Å². The summed E-state index contributed by atoms with van der Waals surface area (Å²) in [4.78, 5) is 0. The van der Waals surface area contributed by atoms with Gasteiger partial charge < -0.3 is 5.32 Å². The minimum absolute atomic E-state index is 0.337. The maximum atomic E-state index is 4.30. The number of hydrogen-bond acceptors (Lipinski definition) is 5. The van der Waals surface area contributed by atoms with Crippen molar-refractivity contribution in [2.75, 3.05) is 6.54 Å². The number of halogens is 1. The molecule has 1 atom stereocenters. The molecule has 3 nitrogen and oxygen atoms in total. The van der Waals surface area contributed by atoms with Gasteiger partial charge in [0.15, 0.2) is 0 Å². The van der Waals surface area contributed by atoms with Crippen LogP contribution in [0.4, 0.5) is 0 Å². The third kappa shape index (κ3) is 3.24. The summed E-state index contributed by atoms with van der Waals surface area (Å²) in [6, 6.07) is 2.49. The fourth-order valence-corrected chi connectivity index (χ4v) is 3.96. The quantitative estimate of drug-likeness (QED) is 0.800. The molecule has 0 aliphatic rings. The van der Waals surface area contributed by atoms with Crippen molar-refractivity contribution in [3.63, 3.8) is 0 Å². The van der Waals surface area contributed by atoms with Gasteiger partial charge in [0.2, 0.25) is 0 Å². The molecule has 2 aromatic rings. The van der Waals surface area contributed by atoms with Crippen molar-refractivity contribution in [3.8, 4) is 10.6 Å². The molecule has 1 unspecified atom stereocenters. The van der Waals surface area contributed by atoms with Gasteiger partial charge in [0, 0.05) is 10.9 Å². The first-order chi connectivity index (χ1) is 8.24. The zero-order valence-corrected chi connectivity index (χ0v) is 13.5. The first kappa shape index (κ1) is 13.4. The highest BCUT2D eigenvalue weighted by atomic mass is 127. The minimum Gasteiger partial charge on any atom is -0.308 e. The van der Waals surface area contributed by atoms with E-state index in [-0.39, 0.29) is 0 Å². The summed E-state index contributed by atoms with van der Waals surface area (Å²) in [5.41, 5.74) is 1.19. The summed E-state index contributed by atoms with van der Waals surface area (Å²) < 4.78 is 1.29. The van der Waals surface area contributed by atoms with Crippen LogP contribution in [0, 0.1) is 2.88 Å². The molecule has 6 heteroatoms. The molecule has 1 N–H and O–H groups in total. The van der Waals surface area contributed by atoms with Crippen molar-refractivity contribution in [1.82, 2.24) is 15.5 Å². The Bertz CT molecular complexity index is 481. The summed E-state index contributed by atoms with van der Waals surface area (Å²) in [6.45, 7) is 5.25. The lowest BCUT2D eigenvalue weighted by molar-refractivity contribution is 0.531. The zero-order chi connectivity index (χ0) is 12.3.